The summed E-state index contributed by atoms with van der Waals surface area (Å²) in [5, 5.41) is 9.86. The summed E-state index contributed by atoms with van der Waals surface area (Å²) in [5.74, 6) is -0.879. The van der Waals surface area contributed by atoms with Crippen LogP contribution in [-0.4, -0.2) is 60.5 Å². The van der Waals surface area contributed by atoms with Crippen LogP contribution < -0.4 is 5.73 Å². The highest BCUT2D eigenvalue weighted by molar-refractivity contribution is 7.47. The van der Waals surface area contributed by atoms with E-state index in [1.54, 1.807) is 6.08 Å². The number of rotatable bonds is 38. The molecule has 4 N–H and O–H groups in total. The number of aliphatic hydroxyl groups excluding tert-OH is 1. The van der Waals surface area contributed by atoms with Gasteiger partial charge in [0, 0.05) is 19.4 Å². The van der Waals surface area contributed by atoms with Crippen LogP contribution in [0.25, 0.3) is 0 Å². The lowest BCUT2D eigenvalue weighted by Gasteiger charge is -2.19. The number of esters is 2. The molecule has 0 fully saturated rings. The van der Waals surface area contributed by atoms with Crippen LogP contribution in [0.4, 0.5) is 0 Å². The van der Waals surface area contributed by atoms with Crippen LogP contribution in [0.2, 0.25) is 0 Å². The molecule has 0 radical (unpaired) electrons. The summed E-state index contributed by atoms with van der Waals surface area (Å²) >= 11 is 0. The summed E-state index contributed by atoms with van der Waals surface area (Å²) in [4.78, 5) is 34.8. The van der Waals surface area contributed by atoms with Crippen molar-refractivity contribution in [1.29, 1.82) is 0 Å². The Balaban J connectivity index is 4.24. The Morgan fingerprint density at radius 1 is 0.673 bits per heavy atom. The molecule has 0 bridgehead atoms. The summed E-state index contributed by atoms with van der Waals surface area (Å²) in [6.07, 6.45) is 36.4. The van der Waals surface area contributed by atoms with Gasteiger partial charge in [-0.2, -0.15) is 0 Å². The number of unbranched alkanes of at least 4 members (excludes halogenated alkanes) is 19. The maximum atomic E-state index is 12.5. The minimum absolute atomic E-state index is 0.0414. The normalized spacial score (nSPS) is 14.3. The Bertz CT molecular complexity index is 972. The number of aliphatic hydroxyl groups is 1. The van der Waals surface area contributed by atoms with E-state index in [-0.39, 0.29) is 32.6 Å². The fourth-order valence-corrected chi connectivity index (χ4v) is 6.32. The van der Waals surface area contributed by atoms with E-state index in [0.717, 1.165) is 57.8 Å². The number of phosphoric acid groups is 1. The van der Waals surface area contributed by atoms with Crippen molar-refractivity contribution in [2.24, 2.45) is 5.73 Å². The van der Waals surface area contributed by atoms with Crippen LogP contribution in [-0.2, 0) is 32.7 Å². The number of hydrogen-bond donors (Lipinski definition) is 3. The molecule has 304 valence electrons. The van der Waals surface area contributed by atoms with Gasteiger partial charge in [0.15, 0.2) is 6.10 Å². The third-order valence-corrected chi connectivity index (χ3v) is 9.60. The SMILES string of the molecule is CC/C=C/CC(O)/C=C/C=C/CCCCCCCC(=O)O[C@H](COC(=O)CCCCCCCCCCCCCCCCC)COP(=O)(O)OCCN. The van der Waals surface area contributed by atoms with Crippen molar-refractivity contribution in [2.75, 3.05) is 26.4 Å². The Labute approximate surface area is 317 Å². The Morgan fingerprint density at radius 2 is 1.21 bits per heavy atom. The van der Waals surface area contributed by atoms with E-state index in [4.69, 9.17) is 24.3 Å². The lowest BCUT2D eigenvalue weighted by molar-refractivity contribution is -0.161. The first-order valence-corrected chi connectivity index (χ1v) is 22.1. The average Bonchev–Trinajstić information content (AvgIpc) is 3.12. The van der Waals surface area contributed by atoms with Gasteiger partial charge in [0.05, 0.1) is 19.3 Å². The molecular formula is C41H76NO9P. The Morgan fingerprint density at radius 3 is 1.77 bits per heavy atom. The zero-order chi connectivity index (χ0) is 38.4. The van der Waals surface area contributed by atoms with Gasteiger partial charge in [0.1, 0.15) is 6.61 Å². The third-order valence-electron chi connectivity index (χ3n) is 8.62. The summed E-state index contributed by atoms with van der Waals surface area (Å²) in [6, 6.07) is 0. The molecule has 3 atom stereocenters. The quantitative estimate of drug-likeness (QED) is 0.0182. The Kier molecular flexibility index (Phi) is 36.2. The number of nitrogens with two attached hydrogens (primary N) is 1. The first-order chi connectivity index (χ1) is 25.2. The van der Waals surface area contributed by atoms with Gasteiger partial charge in [0.25, 0.3) is 0 Å². The van der Waals surface area contributed by atoms with E-state index < -0.39 is 38.6 Å². The van der Waals surface area contributed by atoms with E-state index in [9.17, 15) is 24.2 Å². The van der Waals surface area contributed by atoms with Crippen LogP contribution in [0.1, 0.15) is 174 Å². The van der Waals surface area contributed by atoms with Gasteiger partial charge in [-0.15, -0.1) is 0 Å². The van der Waals surface area contributed by atoms with E-state index >= 15 is 0 Å². The number of phosphoric ester groups is 1. The van der Waals surface area contributed by atoms with Crippen LogP contribution in [0.15, 0.2) is 36.5 Å². The van der Waals surface area contributed by atoms with Gasteiger partial charge in [0.2, 0.25) is 0 Å². The third kappa shape index (κ3) is 36.5. The number of hydrogen-bond acceptors (Lipinski definition) is 9. The molecule has 52 heavy (non-hydrogen) atoms. The van der Waals surface area contributed by atoms with Gasteiger partial charge < -0.3 is 25.2 Å². The summed E-state index contributed by atoms with van der Waals surface area (Å²) in [6.45, 7) is 3.48. The molecule has 0 heterocycles. The molecule has 0 aromatic carbocycles. The van der Waals surface area contributed by atoms with Gasteiger partial charge >= 0.3 is 19.8 Å². The molecule has 0 saturated heterocycles. The zero-order valence-corrected chi connectivity index (χ0v) is 33.8. The molecule has 0 saturated carbocycles. The number of carbonyl (C=O) groups is 2. The predicted molar refractivity (Wildman–Crippen MR) is 212 cm³/mol. The zero-order valence-electron chi connectivity index (χ0n) is 32.9. The molecule has 0 aliphatic rings. The van der Waals surface area contributed by atoms with Gasteiger partial charge in [-0.25, -0.2) is 4.57 Å². The molecule has 10 nitrogen and oxygen atoms in total. The van der Waals surface area contributed by atoms with Crippen molar-refractivity contribution in [2.45, 2.75) is 187 Å². The first-order valence-electron chi connectivity index (χ1n) is 20.6. The molecule has 11 heteroatoms. The lowest BCUT2D eigenvalue weighted by atomic mass is 10.0. The molecule has 0 spiro atoms. The second kappa shape index (κ2) is 37.5. The topological polar surface area (TPSA) is 155 Å². The highest BCUT2D eigenvalue weighted by Crippen LogP contribution is 2.43. The van der Waals surface area contributed by atoms with E-state index in [1.165, 1.54) is 77.0 Å². The van der Waals surface area contributed by atoms with Crippen molar-refractivity contribution in [3.8, 4) is 0 Å². The maximum absolute atomic E-state index is 12.5. The van der Waals surface area contributed by atoms with Crippen LogP contribution in [0, 0.1) is 0 Å². The molecule has 2 unspecified atom stereocenters. The lowest BCUT2D eigenvalue weighted by Crippen LogP contribution is -2.29. The Hall–Kier alpha value is -1.81. The predicted octanol–water partition coefficient (Wildman–Crippen LogP) is 10.4. The summed E-state index contributed by atoms with van der Waals surface area (Å²) in [5.41, 5.74) is 5.33. The van der Waals surface area contributed by atoms with E-state index in [0.29, 0.717) is 12.8 Å². The van der Waals surface area contributed by atoms with Crippen molar-refractivity contribution < 1.29 is 42.7 Å². The maximum Gasteiger partial charge on any atom is 0.472 e. The van der Waals surface area contributed by atoms with Gasteiger partial charge in [-0.3, -0.25) is 18.6 Å². The molecule has 0 aromatic heterocycles. The second-order valence-electron chi connectivity index (χ2n) is 13.7. The fourth-order valence-electron chi connectivity index (χ4n) is 5.55. The largest absolute Gasteiger partial charge is 0.472 e. The molecule has 0 aromatic rings. The molecular weight excluding hydrogens is 681 g/mol. The number of allylic oxidation sites excluding steroid dienone is 4. The van der Waals surface area contributed by atoms with E-state index in [2.05, 4.69) is 19.9 Å². The van der Waals surface area contributed by atoms with E-state index in [1.807, 2.05) is 24.3 Å². The molecule has 0 amide bonds. The highest BCUT2D eigenvalue weighted by Gasteiger charge is 2.26. The monoisotopic (exact) mass is 758 g/mol. The minimum atomic E-state index is -4.39. The highest BCUT2D eigenvalue weighted by atomic mass is 31.2. The number of ether oxygens (including phenoxy) is 2. The summed E-state index contributed by atoms with van der Waals surface area (Å²) in [7, 11) is -4.39. The van der Waals surface area contributed by atoms with Crippen LogP contribution >= 0.6 is 7.82 Å². The van der Waals surface area contributed by atoms with Crippen molar-refractivity contribution in [3.05, 3.63) is 36.5 Å². The van der Waals surface area contributed by atoms with Crippen LogP contribution in [0.3, 0.4) is 0 Å². The molecule has 0 aliphatic heterocycles. The van der Waals surface area contributed by atoms with Crippen molar-refractivity contribution in [3.63, 3.8) is 0 Å². The van der Waals surface area contributed by atoms with Crippen molar-refractivity contribution in [1.82, 2.24) is 0 Å². The number of carbonyl (C=O) groups excluding carboxylic acids is 2. The fraction of sp³-hybridized carbons (Fsp3) is 0.805. The molecule has 0 rings (SSSR count). The molecule has 0 aliphatic carbocycles. The van der Waals surface area contributed by atoms with Gasteiger partial charge in [-0.05, 0) is 38.5 Å². The second-order valence-corrected chi connectivity index (χ2v) is 15.1. The smallest absolute Gasteiger partial charge is 0.462 e. The summed E-state index contributed by atoms with van der Waals surface area (Å²) < 4.78 is 32.7. The first kappa shape index (κ1) is 50.2. The van der Waals surface area contributed by atoms with Crippen molar-refractivity contribution >= 4 is 19.8 Å². The van der Waals surface area contributed by atoms with Crippen LogP contribution in [0.5, 0.6) is 0 Å². The minimum Gasteiger partial charge on any atom is -0.462 e. The average molecular weight is 758 g/mol. The van der Waals surface area contributed by atoms with Gasteiger partial charge in [-0.1, -0.05) is 159 Å². The standard InChI is InChI=1S/C41H76NO9P/c1-3-5-7-8-9-10-11-12-13-14-15-18-21-24-28-32-40(44)48-36-39(37-50-52(46,47)49-35-34-42)51-41(45)33-29-25-22-19-16-17-20-23-27-31-38(43)30-26-6-4-2/h6,20,23,26-27,31,38-39,43H,3-5,7-19,21-22,24-25,28-30,32-37,42H2,1-2H3,(H,46,47)/b23-20+,26-6+,31-27+/t38?,39-/m1/s1.